The van der Waals surface area contributed by atoms with Gasteiger partial charge in [-0.1, -0.05) is 36.4 Å². The highest BCUT2D eigenvalue weighted by Crippen LogP contribution is 2.46. The lowest BCUT2D eigenvalue weighted by atomic mass is 9.80. The Kier molecular flexibility index (Phi) is 5.05. The molecule has 5 heteroatoms. The van der Waals surface area contributed by atoms with Crippen LogP contribution in [-0.2, 0) is 4.79 Å². The maximum absolute atomic E-state index is 13.5. The summed E-state index contributed by atoms with van der Waals surface area (Å²) in [6.07, 6.45) is 1.36. The van der Waals surface area contributed by atoms with Crippen molar-refractivity contribution < 1.29 is 9.53 Å². The molecule has 2 aliphatic rings. The fourth-order valence-electron chi connectivity index (χ4n) is 4.46. The molecule has 2 aromatic carbocycles. The van der Waals surface area contributed by atoms with Crippen LogP contribution in [0.3, 0.4) is 0 Å². The molecule has 0 unspecified atom stereocenters. The molecule has 4 nitrogen and oxygen atoms in total. The van der Waals surface area contributed by atoms with Gasteiger partial charge in [0, 0.05) is 34.0 Å². The molecule has 2 heterocycles. The summed E-state index contributed by atoms with van der Waals surface area (Å²) in [6, 6.07) is 20.1. The van der Waals surface area contributed by atoms with Gasteiger partial charge in [0.1, 0.15) is 5.75 Å². The average molecular weight is 417 g/mol. The highest BCUT2D eigenvalue weighted by atomic mass is 32.1. The predicted octanol–water partition coefficient (Wildman–Crippen LogP) is 6.13. The number of rotatable bonds is 4. The van der Waals surface area contributed by atoms with Crippen LogP contribution in [0.2, 0.25) is 0 Å². The number of allylic oxidation sites excluding steroid dienone is 1. The van der Waals surface area contributed by atoms with E-state index in [-0.39, 0.29) is 17.7 Å². The van der Waals surface area contributed by atoms with Crippen molar-refractivity contribution in [2.75, 3.05) is 17.2 Å². The zero-order chi connectivity index (χ0) is 20.5. The van der Waals surface area contributed by atoms with Gasteiger partial charge >= 0.3 is 0 Å². The Hall–Kier alpha value is -3.05. The van der Waals surface area contributed by atoms with Crippen LogP contribution in [0.4, 0.5) is 11.4 Å². The summed E-state index contributed by atoms with van der Waals surface area (Å²) in [6.45, 7) is 2.56. The van der Waals surface area contributed by atoms with Gasteiger partial charge in [-0.15, -0.1) is 11.3 Å². The van der Waals surface area contributed by atoms with Crippen molar-refractivity contribution in [3.05, 3.63) is 87.8 Å². The van der Waals surface area contributed by atoms with Crippen LogP contribution in [0.1, 0.15) is 42.2 Å². The number of fused-ring (bicyclic) bond motifs is 1. The Labute approximate surface area is 180 Å². The number of thiophene rings is 1. The number of ether oxygens (including phenoxy) is 1. The normalized spacial score (nSPS) is 20.5. The number of Topliss-reactive ketones (excluding diaryl/α,β-unsaturated/α-hetero) is 1. The number of ketones is 1. The van der Waals surface area contributed by atoms with Crippen LogP contribution in [0.5, 0.6) is 5.75 Å². The quantitative estimate of drug-likeness (QED) is 0.537. The molecule has 2 N–H and O–H groups in total. The van der Waals surface area contributed by atoms with Gasteiger partial charge in [-0.3, -0.25) is 4.79 Å². The summed E-state index contributed by atoms with van der Waals surface area (Å²) < 4.78 is 5.92. The van der Waals surface area contributed by atoms with Gasteiger partial charge in [0.15, 0.2) is 5.78 Å². The van der Waals surface area contributed by atoms with Gasteiger partial charge in [-0.2, -0.15) is 0 Å². The number of carbonyl (C=O) groups excluding carboxylic acids is 1. The lowest BCUT2D eigenvalue weighted by molar-refractivity contribution is -0.116. The molecule has 3 aromatic rings. The van der Waals surface area contributed by atoms with Crippen LogP contribution in [0.15, 0.2) is 77.3 Å². The second-order valence-electron chi connectivity index (χ2n) is 7.65. The summed E-state index contributed by atoms with van der Waals surface area (Å²) in [5.74, 6) is 1.23. The molecule has 0 spiro atoms. The fourth-order valence-corrected chi connectivity index (χ4v) is 5.29. The first-order chi connectivity index (χ1) is 14.7. The molecule has 1 aliphatic heterocycles. The number of benzene rings is 2. The topological polar surface area (TPSA) is 50.4 Å². The van der Waals surface area contributed by atoms with Crippen molar-refractivity contribution in [3.63, 3.8) is 0 Å². The highest BCUT2D eigenvalue weighted by Gasteiger charge is 2.37. The van der Waals surface area contributed by atoms with Gasteiger partial charge in [0.05, 0.1) is 24.0 Å². The minimum absolute atomic E-state index is 0.193. The Balaban J connectivity index is 1.64. The highest BCUT2D eigenvalue weighted by molar-refractivity contribution is 7.10. The maximum atomic E-state index is 13.5. The van der Waals surface area contributed by atoms with Crippen molar-refractivity contribution >= 4 is 28.5 Å². The zero-order valence-electron chi connectivity index (χ0n) is 16.9. The van der Waals surface area contributed by atoms with E-state index in [4.69, 9.17) is 4.74 Å². The molecule has 152 valence electrons. The Morgan fingerprint density at radius 3 is 2.60 bits per heavy atom. The number of para-hydroxylation sites is 3. The Morgan fingerprint density at radius 1 is 1.00 bits per heavy atom. The number of hydrogen-bond acceptors (Lipinski definition) is 5. The van der Waals surface area contributed by atoms with E-state index in [2.05, 4.69) is 46.3 Å². The third-order valence-electron chi connectivity index (χ3n) is 5.78. The average Bonchev–Trinajstić information content (AvgIpc) is 3.24. The monoisotopic (exact) mass is 416 g/mol. The summed E-state index contributed by atoms with van der Waals surface area (Å²) in [5.41, 5.74) is 4.82. The van der Waals surface area contributed by atoms with Crippen molar-refractivity contribution in [2.24, 2.45) is 0 Å². The second-order valence-corrected chi connectivity index (χ2v) is 8.63. The van der Waals surface area contributed by atoms with E-state index in [0.29, 0.717) is 13.0 Å². The molecular formula is C25H24N2O2S. The Morgan fingerprint density at radius 2 is 1.80 bits per heavy atom. The summed E-state index contributed by atoms with van der Waals surface area (Å²) >= 11 is 1.73. The molecule has 2 atom stereocenters. The SMILES string of the molecule is CCOc1ccccc1[C@@H]1Nc2ccccc2NC2=C1C(=O)C[C@@H](c1cccs1)C2. The zero-order valence-corrected chi connectivity index (χ0v) is 17.7. The third kappa shape index (κ3) is 3.39. The molecule has 0 fully saturated rings. The largest absolute Gasteiger partial charge is 0.494 e. The van der Waals surface area contributed by atoms with E-state index < -0.39 is 0 Å². The lowest BCUT2D eigenvalue weighted by Gasteiger charge is -2.30. The molecule has 0 radical (unpaired) electrons. The smallest absolute Gasteiger partial charge is 0.163 e. The molecule has 0 bridgehead atoms. The Bertz CT molecular complexity index is 1100. The maximum Gasteiger partial charge on any atom is 0.163 e. The van der Waals surface area contributed by atoms with E-state index in [1.807, 2.05) is 37.3 Å². The first kappa shape index (κ1) is 18.9. The van der Waals surface area contributed by atoms with Gasteiger partial charge in [-0.05, 0) is 43.0 Å². The molecule has 1 aromatic heterocycles. The molecule has 0 saturated carbocycles. The van der Waals surface area contributed by atoms with Crippen LogP contribution < -0.4 is 15.4 Å². The fraction of sp³-hybridized carbons (Fsp3) is 0.240. The molecule has 1 aliphatic carbocycles. The molecule has 30 heavy (non-hydrogen) atoms. The number of hydrogen-bond donors (Lipinski definition) is 2. The van der Waals surface area contributed by atoms with Gasteiger partial charge in [-0.25, -0.2) is 0 Å². The molecule has 0 amide bonds. The van der Waals surface area contributed by atoms with E-state index in [0.717, 1.165) is 40.4 Å². The summed E-state index contributed by atoms with van der Waals surface area (Å²) in [4.78, 5) is 14.8. The van der Waals surface area contributed by atoms with E-state index in [1.165, 1.54) is 4.88 Å². The molecule has 0 saturated heterocycles. The number of anilines is 2. The van der Waals surface area contributed by atoms with E-state index in [1.54, 1.807) is 11.3 Å². The standard InChI is InChI=1S/C25H24N2O2S/c1-2-29-22-11-6-3-8-17(22)25-24-20(26-18-9-4-5-10-19(18)27-25)14-16(15-21(24)28)23-12-7-13-30-23/h3-13,16,25-27H,2,14-15H2,1H3/t16-,25-/m0/s1. The predicted molar refractivity (Wildman–Crippen MR) is 122 cm³/mol. The van der Waals surface area contributed by atoms with Crippen LogP contribution in [0, 0.1) is 0 Å². The van der Waals surface area contributed by atoms with Crippen molar-refractivity contribution in [2.45, 2.75) is 31.7 Å². The van der Waals surface area contributed by atoms with Gasteiger partial charge in [0.25, 0.3) is 0 Å². The summed E-state index contributed by atoms with van der Waals surface area (Å²) in [7, 11) is 0. The summed E-state index contributed by atoms with van der Waals surface area (Å²) in [5, 5.41) is 9.32. The molecular weight excluding hydrogens is 392 g/mol. The van der Waals surface area contributed by atoms with Crippen LogP contribution in [0.25, 0.3) is 0 Å². The number of carbonyl (C=O) groups is 1. The minimum Gasteiger partial charge on any atom is -0.494 e. The first-order valence-electron chi connectivity index (χ1n) is 10.4. The van der Waals surface area contributed by atoms with E-state index in [9.17, 15) is 4.79 Å². The van der Waals surface area contributed by atoms with E-state index >= 15 is 0 Å². The second kappa shape index (κ2) is 8.00. The van der Waals surface area contributed by atoms with Crippen LogP contribution >= 0.6 is 11.3 Å². The van der Waals surface area contributed by atoms with Crippen molar-refractivity contribution in [1.29, 1.82) is 0 Å². The molecule has 5 rings (SSSR count). The third-order valence-corrected chi connectivity index (χ3v) is 6.82. The van der Waals surface area contributed by atoms with Gasteiger partial charge in [0.2, 0.25) is 0 Å². The minimum atomic E-state index is -0.254. The van der Waals surface area contributed by atoms with Crippen molar-refractivity contribution in [1.82, 2.24) is 0 Å². The van der Waals surface area contributed by atoms with Gasteiger partial charge < -0.3 is 15.4 Å². The number of nitrogens with one attached hydrogen (secondary N) is 2. The van der Waals surface area contributed by atoms with Crippen LogP contribution in [-0.4, -0.2) is 12.4 Å². The van der Waals surface area contributed by atoms with Crippen molar-refractivity contribution in [3.8, 4) is 5.75 Å². The lowest BCUT2D eigenvalue weighted by Crippen LogP contribution is -2.27. The first-order valence-corrected chi connectivity index (χ1v) is 11.3.